The Morgan fingerprint density at radius 3 is 2.18 bits per heavy atom. The standard InChI is InChI=1S/C18H22O4/c1-11-5-6-16(21-3)13(7-11)10-14-8-12(2)9-15(18(19)20)17(14)22-4/h5-9,18-20H,10H2,1-4H3. The number of aliphatic hydroxyl groups excluding tert-OH is 1. The molecule has 0 atom stereocenters. The van der Waals surface area contributed by atoms with Crippen LogP contribution in [0.15, 0.2) is 30.3 Å². The Hall–Kier alpha value is -2.04. The van der Waals surface area contributed by atoms with Crippen LogP contribution in [-0.4, -0.2) is 24.4 Å². The van der Waals surface area contributed by atoms with Crippen LogP contribution >= 0.6 is 0 Å². The monoisotopic (exact) mass is 302 g/mol. The smallest absolute Gasteiger partial charge is 0.182 e. The van der Waals surface area contributed by atoms with E-state index in [4.69, 9.17) is 9.47 Å². The molecule has 2 aromatic carbocycles. The quantitative estimate of drug-likeness (QED) is 0.834. The molecular formula is C18H22O4. The molecule has 118 valence electrons. The van der Waals surface area contributed by atoms with Crippen molar-refractivity contribution in [2.75, 3.05) is 14.2 Å². The van der Waals surface area contributed by atoms with E-state index in [0.717, 1.165) is 28.0 Å². The van der Waals surface area contributed by atoms with Gasteiger partial charge in [-0.3, -0.25) is 0 Å². The predicted octanol–water partition coefficient (Wildman–Crippen LogP) is 2.89. The third kappa shape index (κ3) is 3.40. The van der Waals surface area contributed by atoms with Crippen molar-refractivity contribution in [3.8, 4) is 11.5 Å². The number of hydrogen-bond acceptors (Lipinski definition) is 4. The van der Waals surface area contributed by atoms with Gasteiger partial charge < -0.3 is 19.7 Å². The second kappa shape index (κ2) is 6.81. The molecule has 0 saturated carbocycles. The van der Waals surface area contributed by atoms with E-state index in [1.807, 2.05) is 32.0 Å². The first-order valence-corrected chi connectivity index (χ1v) is 7.13. The Balaban J connectivity index is 2.52. The summed E-state index contributed by atoms with van der Waals surface area (Å²) in [6, 6.07) is 9.72. The van der Waals surface area contributed by atoms with Gasteiger partial charge in [0.2, 0.25) is 0 Å². The van der Waals surface area contributed by atoms with E-state index in [0.29, 0.717) is 17.7 Å². The van der Waals surface area contributed by atoms with Gasteiger partial charge in [-0.25, -0.2) is 0 Å². The molecule has 4 heteroatoms. The summed E-state index contributed by atoms with van der Waals surface area (Å²) >= 11 is 0. The maximum Gasteiger partial charge on any atom is 0.182 e. The van der Waals surface area contributed by atoms with Crippen LogP contribution in [0.4, 0.5) is 0 Å². The Morgan fingerprint density at radius 2 is 1.59 bits per heavy atom. The molecule has 0 amide bonds. The number of methoxy groups -OCH3 is 2. The average molecular weight is 302 g/mol. The number of benzene rings is 2. The SMILES string of the molecule is COc1ccc(C)cc1Cc1cc(C)cc(C(O)O)c1OC. The van der Waals surface area contributed by atoms with Crippen molar-refractivity contribution in [1.82, 2.24) is 0 Å². The Morgan fingerprint density at radius 1 is 0.909 bits per heavy atom. The molecule has 0 saturated heterocycles. The summed E-state index contributed by atoms with van der Waals surface area (Å²) < 4.78 is 10.8. The minimum Gasteiger partial charge on any atom is -0.496 e. The fourth-order valence-electron chi connectivity index (χ4n) is 2.70. The lowest BCUT2D eigenvalue weighted by molar-refractivity contribution is -0.0440. The van der Waals surface area contributed by atoms with E-state index in [-0.39, 0.29) is 0 Å². The maximum atomic E-state index is 9.55. The van der Waals surface area contributed by atoms with Crippen molar-refractivity contribution < 1.29 is 19.7 Å². The number of rotatable bonds is 5. The fourth-order valence-corrected chi connectivity index (χ4v) is 2.70. The van der Waals surface area contributed by atoms with Crippen molar-refractivity contribution in [2.45, 2.75) is 26.6 Å². The van der Waals surface area contributed by atoms with Crippen LogP contribution in [0.2, 0.25) is 0 Å². The molecule has 22 heavy (non-hydrogen) atoms. The van der Waals surface area contributed by atoms with Gasteiger partial charge >= 0.3 is 0 Å². The van der Waals surface area contributed by atoms with E-state index in [1.165, 1.54) is 7.11 Å². The van der Waals surface area contributed by atoms with Crippen molar-refractivity contribution in [1.29, 1.82) is 0 Å². The zero-order valence-corrected chi connectivity index (χ0v) is 13.4. The van der Waals surface area contributed by atoms with E-state index in [9.17, 15) is 10.2 Å². The molecule has 2 rings (SSSR count). The van der Waals surface area contributed by atoms with Gasteiger partial charge in [-0.15, -0.1) is 0 Å². The second-order valence-electron chi connectivity index (χ2n) is 5.41. The maximum absolute atomic E-state index is 9.55. The van der Waals surface area contributed by atoms with Gasteiger partial charge in [-0.2, -0.15) is 0 Å². The van der Waals surface area contributed by atoms with Crippen molar-refractivity contribution in [2.24, 2.45) is 0 Å². The normalized spacial score (nSPS) is 10.9. The fraction of sp³-hybridized carbons (Fsp3) is 0.333. The van der Waals surface area contributed by atoms with Gasteiger partial charge in [0.1, 0.15) is 11.5 Å². The molecule has 0 aliphatic heterocycles. The van der Waals surface area contributed by atoms with Crippen LogP contribution in [-0.2, 0) is 6.42 Å². The molecule has 0 fully saturated rings. The number of ether oxygens (including phenoxy) is 2. The molecule has 0 spiro atoms. The third-order valence-electron chi connectivity index (χ3n) is 3.64. The summed E-state index contributed by atoms with van der Waals surface area (Å²) in [6.45, 7) is 3.95. The van der Waals surface area contributed by atoms with E-state index < -0.39 is 6.29 Å². The molecule has 0 radical (unpaired) electrons. The van der Waals surface area contributed by atoms with Crippen LogP contribution in [0, 0.1) is 13.8 Å². The summed E-state index contributed by atoms with van der Waals surface area (Å²) in [6.07, 6.45) is -0.969. The molecule has 0 heterocycles. The summed E-state index contributed by atoms with van der Waals surface area (Å²) in [5.41, 5.74) is 4.40. The minimum atomic E-state index is -1.56. The first kappa shape index (κ1) is 16.3. The zero-order chi connectivity index (χ0) is 16.3. The zero-order valence-electron chi connectivity index (χ0n) is 13.4. The van der Waals surface area contributed by atoms with Gasteiger partial charge in [0.15, 0.2) is 6.29 Å². The van der Waals surface area contributed by atoms with Gasteiger partial charge in [0, 0.05) is 12.0 Å². The second-order valence-corrected chi connectivity index (χ2v) is 5.41. The highest BCUT2D eigenvalue weighted by atomic mass is 16.5. The molecule has 0 aliphatic carbocycles. The number of aliphatic hydroxyl groups is 2. The highest BCUT2D eigenvalue weighted by Crippen LogP contribution is 2.33. The molecule has 0 bridgehead atoms. The summed E-state index contributed by atoms with van der Waals surface area (Å²) in [5.74, 6) is 1.31. The topological polar surface area (TPSA) is 58.9 Å². The number of aryl methyl sites for hydroxylation is 2. The molecule has 0 aromatic heterocycles. The molecular weight excluding hydrogens is 280 g/mol. The van der Waals surface area contributed by atoms with E-state index in [2.05, 4.69) is 6.07 Å². The van der Waals surface area contributed by atoms with Gasteiger partial charge in [0.05, 0.1) is 14.2 Å². The first-order valence-electron chi connectivity index (χ1n) is 7.13. The Labute approximate surface area is 130 Å². The van der Waals surface area contributed by atoms with Gasteiger partial charge in [0.25, 0.3) is 0 Å². The molecule has 0 unspecified atom stereocenters. The number of hydrogen-bond donors (Lipinski definition) is 2. The summed E-state index contributed by atoms with van der Waals surface area (Å²) in [7, 11) is 3.18. The largest absolute Gasteiger partial charge is 0.496 e. The summed E-state index contributed by atoms with van der Waals surface area (Å²) in [4.78, 5) is 0. The van der Waals surface area contributed by atoms with Crippen molar-refractivity contribution in [3.63, 3.8) is 0 Å². The van der Waals surface area contributed by atoms with Gasteiger partial charge in [-0.05, 0) is 37.1 Å². The first-order chi connectivity index (χ1) is 10.5. The van der Waals surface area contributed by atoms with E-state index >= 15 is 0 Å². The predicted molar refractivity (Wildman–Crippen MR) is 85.4 cm³/mol. The van der Waals surface area contributed by atoms with E-state index in [1.54, 1.807) is 13.2 Å². The molecule has 2 aromatic rings. The minimum absolute atomic E-state index is 0.379. The summed E-state index contributed by atoms with van der Waals surface area (Å²) in [5, 5.41) is 19.1. The van der Waals surface area contributed by atoms with Crippen LogP contribution in [0.1, 0.15) is 34.1 Å². The average Bonchev–Trinajstić information content (AvgIpc) is 2.47. The van der Waals surface area contributed by atoms with Crippen LogP contribution in [0.5, 0.6) is 11.5 Å². The van der Waals surface area contributed by atoms with Crippen LogP contribution in [0.25, 0.3) is 0 Å². The lowest BCUT2D eigenvalue weighted by Crippen LogP contribution is -2.04. The van der Waals surface area contributed by atoms with Crippen molar-refractivity contribution in [3.05, 3.63) is 58.1 Å². The lowest BCUT2D eigenvalue weighted by Gasteiger charge is -2.17. The highest BCUT2D eigenvalue weighted by molar-refractivity contribution is 5.49. The highest BCUT2D eigenvalue weighted by Gasteiger charge is 2.17. The molecule has 2 N–H and O–H groups in total. The van der Waals surface area contributed by atoms with Crippen LogP contribution < -0.4 is 9.47 Å². The van der Waals surface area contributed by atoms with Crippen molar-refractivity contribution >= 4 is 0 Å². The van der Waals surface area contributed by atoms with Crippen LogP contribution in [0.3, 0.4) is 0 Å². The molecule has 4 nitrogen and oxygen atoms in total. The van der Waals surface area contributed by atoms with Gasteiger partial charge in [-0.1, -0.05) is 29.3 Å². The third-order valence-corrected chi connectivity index (χ3v) is 3.64. The Bertz CT molecular complexity index is 662. The lowest BCUT2D eigenvalue weighted by atomic mass is 9.97. The Kier molecular flexibility index (Phi) is 5.06. The molecule has 0 aliphatic rings.